The molecule has 5 heteroatoms. The Hall–Kier alpha value is -6.85. The van der Waals surface area contributed by atoms with Crippen LogP contribution >= 0.6 is 0 Å². The van der Waals surface area contributed by atoms with Crippen molar-refractivity contribution >= 4 is 38.9 Å². The summed E-state index contributed by atoms with van der Waals surface area (Å²) in [4.78, 5) is 17.6. The summed E-state index contributed by atoms with van der Waals surface area (Å²) in [5.74, 6) is 1.88. The number of hydrogen-bond donors (Lipinski definition) is 0. The fourth-order valence-electron chi connectivity index (χ4n) is 8.04. The van der Waals surface area contributed by atoms with Crippen molar-refractivity contribution in [3.05, 3.63) is 187 Å². The third kappa shape index (κ3) is 5.04. The summed E-state index contributed by atoms with van der Waals surface area (Å²) in [6, 6.07) is 61.8. The fraction of sp³-hybridized carbons (Fsp3) is 0.0625. The molecular weight excluding hydrogens is 647 g/mol. The second kappa shape index (κ2) is 12.1. The Morgan fingerprint density at radius 1 is 0.434 bits per heavy atom. The Kier molecular flexibility index (Phi) is 7.08. The number of benzene rings is 7. The first-order chi connectivity index (χ1) is 26.0. The lowest BCUT2D eigenvalue weighted by Gasteiger charge is -2.28. The molecule has 9 aromatic rings. The molecule has 0 unspecified atom stereocenters. The maximum Gasteiger partial charge on any atom is 0.238 e. The molecule has 0 N–H and O–H groups in total. The van der Waals surface area contributed by atoms with Gasteiger partial charge in [-0.05, 0) is 76.9 Å². The SMILES string of the molecule is CC1(C)c2cc(N(c3ccccc3)c3ccccc3)ccc2-c2cc3c(cc21)c1ccccc1n3-c1nc(-c2ccccc2)nc(-c2ccccc2)n1. The van der Waals surface area contributed by atoms with Crippen LogP contribution in [0.15, 0.2) is 176 Å². The Labute approximate surface area is 308 Å². The van der Waals surface area contributed by atoms with E-state index in [1.807, 2.05) is 36.4 Å². The Bertz CT molecular complexity index is 2690. The van der Waals surface area contributed by atoms with Gasteiger partial charge in [0.05, 0.1) is 11.0 Å². The van der Waals surface area contributed by atoms with E-state index in [0.717, 1.165) is 39.2 Å². The zero-order valence-electron chi connectivity index (χ0n) is 29.5. The second-order valence-corrected chi connectivity index (χ2v) is 14.1. The van der Waals surface area contributed by atoms with Gasteiger partial charge in [-0.25, -0.2) is 4.98 Å². The van der Waals surface area contributed by atoms with Crippen LogP contribution in [0.2, 0.25) is 0 Å². The third-order valence-corrected chi connectivity index (χ3v) is 10.6. The molecule has 0 amide bonds. The van der Waals surface area contributed by atoms with Crippen LogP contribution < -0.4 is 4.90 Å². The van der Waals surface area contributed by atoms with Gasteiger partial charge in [-0.1, -0.05) is 135 Å². The molecule has 1 aliphatic rings. The highest BCUT2D eigenvalue weighted by molar-refractivity contribution is 6.11. The number of nitrogens with zero attached hydrogens (tertiary/aromatic N) is 5. The molecule has 252 valence electrons. The normalized spacial score (nSPS) is 12.9. The maximum absolute atomic E-state index is 5.16. The van der Waals surface area contributed by atoms with Crippen LogP contribution in [0.4, 0.5) is 17.1 Å². The predicted molar refractivity (Wildman–Crippen MR) is 217 cm³/mol. The highest BCUT2D eigenvalue weighted by atomic mass is 15.2. The molecule has 2 aromatic heterocycles. The average Bonchev–Trinajstić information content (AvgIpc) is 3.66. The van der Waals surface area contributed by atoms with E-state index in [9.17, 15) is 0 Å². The van der Waals surface area contributed by atoms with Gasteiger partial charge in [0.25, 0.3) is 0 Å². The van der Waals surface area contributed by atoms with E-state index < -0.39 is 0 Å². The first kappa shape index (κ1) is 30.9. The van der Waals surface area contributed by atoms with Gasteiger partial charge in [-0.15, -0.1) is 0 Å². The lowest BCUT2D eigenvalue weighted by molar-refractivity contribution is 0.661. The number of hydrogen-bond acceptors (Lipinski definition) is 4. The van der Waals surface area contributed by atoms with Gasteiger partial charge in [0.15, 0.2) is 11.6 Å². The Morgan fingerprint density at radius 2 is 0.962 bits per heavy atom. The van der Waals surface area contributed by atoms with Crippen molar-refractivity contribution in [2.45, 2.75) is 19.3 Å². The topological polar surface area (TPSA) is 46.8 Å². The average molecular weight is 682 g/mol. The van der Waals surface area contributed by atoms with Crippen molar-refractivity contribution < 1.29 is 0 Å². The highest BCUT2D eigenvalue weighted by Crippen LogP contribution is 2.52. The third-order valence-electron chi connectivity index (χ3n) is 10.6. The van der Waals surface area contributed by atoms with E-state index in [-0.39, 0.29) is 5.41 Å². The summed E-state index contributed by atoms with van der Waals surface area (Å²) in [7, 11) is 0. The monoisotopic (exact) mass is 681 g/mol. The largest absolute Gasteiger partial charge is 0.310 e. The van der Waals surface area contributed by atoms with Gasteiger partial charge in [0.1, 0.15) is 0 Å². The molecule has 0 fully saturated rings. The number of fused-ring (bicyclic) bond motifs is 6. The van der Waals surface area contributed by atoms with Crippen molar-refractivity contribution in [2.24, 2.45) is 0 Å². The molecule has 0 spiro atoms. The van der Waals surface area contributed by atoms with Gasteiger partial charge < -0.3 is 4.90 Å². The summed E-state index contributed by atoms with van der Waals surface area (Å²) in [6.45, 7) is 4.71. The van der Waals surface area contributed by atoms with E-state index >= 15 is 0 Å². The van der Waals surface area contributed by atoms with Crippen LogP contribution in [0, 0.1) is 0 Å². The number of anilines is 3. The van der Waals surface area contributed by atoms with E-state index in [1.54, 1.807) is 0 Å². The molecule has 0 aliphatic heterocycles. The first-order valence-corrected chi connectivity index (χ1v) is 18.0. The minimum Gasteiger partial charge on any atom is -0.310 e. The minimum absolute atomic E-state index is 0.231. The summed E-state index contributed by atoms with van der Waals surface area (Å²) in [5, 5.41) is 2.35. The predicted octanol–water partition coefficient (Wildman–Crippen LogP) is 12.1. The zero-order chi connectivity index (χ0) is 35.5. The van der Waals surface area contributed by atoms with Crippen LogP contribution in [0.5, 0.6) is 0 Å². The summed E-state index contributed by atoms with van der Waals surface area (Å²) < 4.78 is 2.22. The Morgan fingerprint density at radius 3 is 1.57 bits per heavy atom. The molecule has 0 radical (unpaired) electrons. The van der Waals surface area contributed by atoms with Crippen LogP contribution in [-0.4, -0.2) is 19.5 Å². The molecule has 53 heavy (non-hydrogen) atoms. The number of rotatable bonds is 6. The molecule has 2 heterocycles. The van der Waals surface area contributed by atoms with E-state index in [1.165, 1.54) is 33.0 Å². The van der Waals surface area contributed by atoms with Crippen LogP contribution in [-0.2, 0) is 5.41 Å². The lowest BCUT2D eigenvalue weighted by atomic mass is 9.82. The lowest BCUT2D eigenvalue weighted by Crippen LogP contribution is -2.16. The molecule has 0 atom stereocenters. The van der Waals surface area contributed by atoms with E-state index in [2.05, 4.69) is 163 Å². The van der Waals surface area contributed by atoms with E-state index in [4.69, 9.17) is 15.0 Å². The van der Waals surface area contributed by atoms with Gasteiger partial charge in [-0.3, -0.25) is 4.57 Å². The molecule has 1 aliphatic carbocycles. The summed E-state index contributed by atoms with van der Waals surface area (Å²) >= 11 is 0. The first-order valence-electron chi connectivity index (χ1n) is 18.0. The van der Waals surface area contributed by atoms with Gasteiger partial charge >= 0.3 is 0 Å². The molecule has 10 rings (SSSR count). The fourth-order valence-corrected chi connectivity index (χ4v) is 8.04. The van der Waals surface area contributed by atoms with Crippen molar-refractivity contribution in [3.63, 3.8) is 0 Å². The molecular formula is C48H35N5. The maximum atomic E-state index is 5.16. The van der Waals surface area contributed by atoms with Crippen molar-refractivity contribution in [2.75, 3.05) is 4.90 Å². The Balaban J connectivity index is 1.19. The van der Waals surface area contributed by atoms with Gasteiger partial charge in [-0.2, -0.15) is 9.97 Å². The molecule has 0 saturated carbocycles. The standard InChI is InChI=1S/C48H35N5/c1-48(2)41-29-36(52(34-21-11-5-12-22-34)35-23-13-6-14-24-35)27-28-37(41)39-31-44-40(30-42(39)48)38-25-15-16-26-43(38)53(44)47-50-45(32-17-7-3-8-18-32)49-46(51-47)33-19-9-4-10-20-33/h3-31H,1-2H3. The van der Waals surface area contributed by atoms with Crippen molar-refractivity contribution in [1.82, 2.24) is 19.5 Å². The van der Waals surface area contributed by atoms with Gasteiger partial charge in [0.2, 0.25) is 5.95 Å². The zero-order valence-corrected chi connectivity index (χ0v) is 29.5. The molecule has 7 aromatic carbocycles. The number of para-hydroxylation sites is 3. The molecule has 5 nitrogen and oxygen atoms in total. The second-order valence-electron chi connectivity index (χ2n) is 14.1. The van der Waals surface area contributed by atoms with Gasteiger partial charge in [0, 0.05) is 44.4 Å². The van der Waals surface area contributed by atoms with Crippen molar-refractivity contribution in [1.29, 1.82) is 0 Å². The van der Waals surface area contributed by atoms with Crippen LogP contribution in [0.25, 0.3) is 61.7 Å². The number of aromatic nitrogens is 4. The molecule has 0 saturated heterocycles. The van der Waals surface area contributed by atoms with E-state index in [0.29, 0.717) is 17.6 Å². The smallest absolute Gasteiger partial charge is 0.238 e. The van der Waals surface area contributed by atoms with Crippen LogP contribution in [0.1, 0.15) is 25.0 Å². The highest BCUT2D eigenvalue weighted by Gasteiger charge is 2.37. The summed E-state index contributed by atoms with van der Waals surface area (Å²) in [5.41, 5.74) is 12.3. The minimum atomic E-state index is -0.231. The van der Waals surface area contributed by atoms with Crippen LogP contribution in [0.3, 0.4) is 0 Å². The molecule has 0 bridgehead atoms. The summed E-state index contributed by atoms with van der Waals surface area (Å²) in [6.07, 6.45) is 0. The quantitative estimate of drug-likeness (QED) is 0.175. The van der Waals surface area contributed by atoms with Crippen molar-refractivity contribution in [3.8, 4) is 39.9 Å².